The number of amides is 1. The highest BCUT2D eigenvalue weighted by atomic mass is 32.2. The van der Waals surface area contributed by atoms with E-state index >= 15 is 0 Å². The van der Waals surface area contributed by atoms with Crippen LogP contribution in [-0.2, 0) is 22.6 Å². The summed E-state index contributed by atoms with van der Waals surface area (Å²) in [4.78, 5) is 11.6. The molecule has 6 nitrogen and oxygen atoms in total. The van der Waals surface area contributed by atoms with Crippen molar-refractivity contribution >= 4 is 26.6 Å². The average Bonchev–Trinajstić information content (AvgIpc) is 3.24. The maximum atomic E-state index is 13.1. The van der Waals surface area contributed by atoms with E-state index in [-0.39, 0.29) is 16.2 Å². The van der Waals surface area contributed by atoms with Gasteiger partial charge in [0.25, 0.3) is 5.91 Å². The third-order valence-corrected chi connectivity index (χ3v) is 7.99. The van der Waals surface area contributed by atoms with Crippen LogP contribution in [0.4, 0.5) is 0 Å². The fourth-order valence-electron chi connectivity index (χ4n) is 4.41. The molecule has 1 heterocycles. The number of aromatic nitrogens is 1. The van der Waals surface area contributed by atoms with E-state index in [9.17, 15) is 13.2 Å². The Morgan fingerprint density at radius 2 is 1.47 bits per heavy atom. The summed E-state index contributed by atoms with van der Waals surface area (Å²) in [5, 5.41) is 9.73. The Hall–Kier alpha value is -4.20. The zero-order valence-corrected chi connectivity index (χ0v) is 20.4. The highest BCUT2D eigenvalue weighted by molar-refractivity contribution is 7.90. The van der Waals surface area contributed by atoms with Crippen LogP contribution < -0.4 is 5.48 Å². The number of hydrogen-bond donors (Lipinski definition) is 2. The third-order valence-electron chi connectivity index (χ3n) is 6.29. The van der Waals surface area contributed by atoms with Gasteiger partial charge >= 0.3 is 0 Å². The van der Waals surface area contributed by atoms with Crippen LogP contribution in [-0.4, -0.2) is 24.1 Å². The molecule has 0 aliphatic carbocycles. The molecule has 5 rings (SSSR count). The molecule has 0 radical (unpaired) electrons. The van der Waals surface area contributed by atoms with Gasteiger partial charge in [0.1, 0.15) is 0 Å². The van der Waals surface area contributed by atoms with Crippen molar-refractivity contribution in [2.24, 2.45) is 7.05 Å². The smallest absolute Gasteiger partial charge is 0.274 e. The van der Waals surface area contributed by atoms with Crippen LogP contribution in [0.15, 0.2) is 108 Å². The van der Waals surface area contributed by atoms with E-state index in [2.05, 4.69) is 42.6 Å². The molecular weight excluding hydrogens is 472 g/mol. The molecule has 2 N–H and O–H groups in total. The van der Waals surface area contributed by atoms with Gasteiger partial charge in [-0.15, -0.1) is 0 Å². The topological polar surface area (TPSA) is 88.4 Å². The molecule has 0 saturated heterocycles. The predicted octanol–water partition coefficient (Wildman–Crippen LogP) is 5.61. The number of carbonyl (C=O) groups is 1. The van der Waals surface area contributed by atoms with Crippen LogP contribution in [0.25, 0.3) is 33.2 Å². The molecule has 36 heavy (non-hydrogen) atoms. The summed E-state index contributed by atoms with van der Waals surface area (Å²) in [6.45, 7) is 0. The van der Waals surface area contributed by atoms with Gasteiger partial charge in [-0.1, -0.05) is 60.7 Å². The molecule has 0 atom stereocenters. The lowest BCUT2D eigenvalue weighted by Crippen LogP contribution is -2.18. The lowest BCUT2D eigenvalue weighted by molar-refractivity contribution is 0.0706. The van der Waals surface area contributed by atoms with Gasteiger partial charge in [-0.3, -0.25) is 10.0 Å². The van der Waals surface area contributed by atoms with E-state index in [0.717, 1.165) is 33.2 Å². The molecule has 7 heteroatoms. The molecule has 5 aromatic rings. The van der Waals surface area contributed by atoms with Crippen molar-refractivity contribution in [3.8, 4) is 22.3 Å². The average molecular weight is 497 g/mol. The van der Waals surface area contributed by atoms with Crippen molar-refractivity contribution in [1.29, 1.82) is 0 Å². The zero-order chi connectivity index (χ0) is 25.3. The van der Waals surface area contributed by atoms with E-state index in [0.29, 0.717) is 5.56 Å². The summed E-state index contributed by atoms with van der Waals surface area (Å²) in [7, 11) is -1.66. The Bertz CT molecular complexity index is 1660. The number of benzene rings is 4. The fourth-order valence-corrected chi connectivity index (χ4v) is 5.75. The minimum absolute atomic E-state index is 0.113. The summed E-state index contributed by atoms with van der Waals surface area (Å²) in [5.41, 5.74) is 7.77. The summed E-state index contributed by atoms with van der Waals surface area (Å²) >= 11 is 0. The van der Waals surface area contributed by atoms with Crippen molar-refractivity contribution < 1.29 is 18.4 Å². The number of fused-ring (bicyclic) bond motifs is 1. The van der Waals surface area contributed by atoms with Crippen molar-refractivity contribution in [3.63, 3.8) is 0 Å². The first-order valence-corrected chi connectivity index (χ1v) is 13.0. The first kappa shape index (κ1) is 23.5. The minimum atomic E-state index is -3.64. The molecule has 0 bridgehead atoms. The van der Waals surface area contributed by atoms with Crippen LogP contribution >= 0.6 is 0 Å². The largest absolute Gasteiger partial charge is 0.350 e. The number of nitrogens with zero attached hydrogens (tertiary/aromatic N) is 1. The second kappa shape index (κ2) is 9.45. The highest BCUT2D eigenvalue weighted by Crippen LogP contribution is 2.33. The van der Waals surface area contributed by atoms with E-state index < -0.39 is 15.7 Å². The summed E-state index contributed by atoms with van der Waals surface area (Å²) in [5.74, 6) is -0.867. The SMILES string of the molecule is Cn1cc(-c2ccc(-c3ccccc3)cc2)c2cc(CS(=O)(=O)c3ccc(C(=O)NO)cc3)ccc21. The van der Waals surface area contributed by atoms with Crippen molar-refractivity contribution in [2.75, 3.05) is 0 Å². The molecule has 0 unspecified atom stereocenters. The molecule has 1 aromatic heterocycles. The van der Waals surface area contributed by atoms with Crippen LogP contribution in [0.5, 0.6) is 0 Å². The monoisotopic (exact) mass is 496 g/mol. The van der Waals surface area contributed by atoms with E-state index in [4.69, 9.17) is 5.21 Å². The van der Waals surface area contributed by atoms with E-state index in [1.54, 1.807) is 0 Å². The first-order chi connectivity index (χ1) is 17.4. The highest BCUT2D eigenvalue weighted by Gasteiger charge is 2.18. The Morgan fingerprint density at radius 3 is 2.14 bits per heavy atom. The summed E-state index contributed by atoms with van der Waals surface area (Å²) in [6.07, 6.45) is 2.06. The van der Waals surface area contributed by atoms with Crippen molar-refractivity contribution in [3.05, 3.63) is 114 Å². The van der Waals surface area contributed by atoms with Gasteiger partial charge in [0, 0.05) is 35.3 Å². The lowest BCUT2D eigenvalue weighted by Gasteiger charge is -2.08. The van der Waals surface area contributed by atoms with Gasteiger partial charge in [0.15, 0.2) is 9.84 Å². The molecule has 0 saturated carbocycles. The standard InChI is InChI=1S/C29H24N2O4S/c1-31-18-27(23-10-8-22(9-11-23)21-5-3-2-4-6-21)26-17-20(7-16-28(26)31)19-36(34,35)25-14-12-24(13-15-25)29(32)30-33/h2-18,33H,19H2,1H3,(H,30,32). The molecule has 4 aromatic carbocycles. The van der Waals surface area contributed by atoms with Gasteiger partial charge in [-0.2, -0.15) is 0 Å². The summed E-state index contributed by atoms with van der Waals surface area (Å²) in [6, 6.07) is 29.8. The van der Waals surface area contributed by atoms with Crippen LogP contribution in [0, 0.1) is 0 Å². The predicted molar refractivity (Wildman–Crippen MR) is 140 cm³/mol. The molecule has 1 amide bonds. The second-order valence-electron chi connectivity index (χ2n) is 8.67. The fraction of sp³-hybridized carbons (Fsp3) is 0.0690. The molecule has 0 fully saturated rings. The number of rotatable bonds is 6. The molecule has 180 valence electrons. The first-order valence-electron chi connectivity index (χ1n) is 11.4. The van der Waals surface area contributed by atoms with Gasteiger partial charge < -0.3 is 4.57 Å². The normalized spacial score (nSPS) is 11.5. The summed E-state index contributed by atoms with van der Waals surface area (Å²) < 4.78 is 28.2. The van der Waals surface area contributed by atoms with Gasteiger partial charge in [-0.25, -0.2) is 13.9 Å². The number of hydroxylamine groups is 1. The second-order valence-corrected chi connectivity index (χ2v) is 10.7. The molecule has 0 aliphatic heterocycles. The van der Waals surface area contributed by atoms with Crippen molar-refractivity contribution in [2.45, 2.75) is 10.6 Å². The lowest BCUT2D eigenvalue weighted by atomic mass is 9.99. The van der Waals surface area contributed by atoms with Crippen LogP contribution in [0.3, 0.4) is 0 Å². The maximum Gasteiger partial charge on any atom is 0.274 e. The zero-order valence-electron chi connectivity index (χ0n) is 19.5. The molecule has 0 spiro atoms. The third kappa shape index (κ3) is 4.54. The Kier molecular flexibility index (Phi) is 6.18. The van der Waals surface area contributed by atoms with Gasteiger partial charge in [0.2, 0.25) is 0 Å². The number of nitrogens with one attached hydrogen (secondary N) is 1. The maximum absolute atomic E-state index is 13.1. The van der Waals surface area contributed by atoms with Crippen molar-refractivity contribution in [1.82, 2.24) is 10.0 Å². The Balaban J connectivity index is 1.46. The Labute approximate surface area is 209 Å². The van der Waals surface area contributed by atoms with Gasteiger partial charge in [0.05, 0.1) is 10.6 Å². The molecule has 0 aliphatic rings. The quantitative estimate of drug-likeness (QED) is 0.236. The van der Waals surface area contributed by atoms with E-state index in [1.807, 2.05) is 48.0 Å². The van der Waals surface area contributed by atoms with Crippen LogP contribution in [0.2, 0.25) is 0 Å². The van der Waals surface area contributed by atoms with Crippen LogP contribution in [0.1, 0.15) is 15.9 Å². The van der Waals surface area contributed by atoms with Gasteiger partial charge in [-0.05, 0) is 58.7 Å². The number of aryl methyl sites for hydroxylation is 1. The number of sulfone groups is 1. The minimum Gasteiger partial charge on any atom is -0.350 e. The number of hydrogen-bond acceptors (Lipinski definition) is 4. The number of carbonyl (C=O) groups excluding carboxylic acids is 1. The van der Waals surface area contributed by atoms with E-state index in [1.165, 1.54) is 29.7 Å². The Morgan fingerprint density at radius 1 is 0.833 bits per heavy atom. The molecular formula is C29H24N2O4S.